The van der Waals surface area contributed by atoms with Gasteiger partial charge in [-0.2, -0.15) is 0 Å². The van der Waals surface area contributed by atoms with Gasteiger partial charge in [-0.25, -0.2) is 19.6 Å². The molecule has 1 aliphatic heterocycles. The summed E-state index contributed by atoms with van der Waals surface area (Å²) in [5.74, 6) is -2.22. The molecular weight excluding hydrogens is 388 g/mol. The summed E-state index contributed by atoms with van der Waals surface area (Å²) in [5.41, 5.74) is 0. The molecule has 9 heteroatoms. The first-order valence-corrected chi connectivity index (χ1v) is 7.86. The Labute approximate surface area is 126 Å². The summed E-state index contributed by atoms with van der Waals surface area (Å²) in [6.07, 6.45) is -0.648. The van der Waals surface area contributed by atoms with Gasteiger partial charge in [0.15, 0.2) is 6.04 Å². The molecular formula is C10H14Br2N2O5. The van der Waals surface area contributed by atoms with Gasteiger partial charge in [-0.15, -0.1) is 0 Å². The zero-order valence-corrected chi connectivity index (χ0v) is 13.1. The van der Waals surface area contributed by atoms with E-state index in [0.29, 0.717) is 17.1 Å². The average molecular weight is 402 g/mol. The van der Waals surface area contributed by atoms with Crippen LogP contribution in [-0.2, 0) is 9.59 Å². The Hall–Kier alpha value is -0.830. The van der Waals surface area contributed by atoms with Gasteiger partial charge in [0, 0.05) is 17.2 Å². The third-order valence-corrected chi connectivity index (χ3v) is 4.42. The fraction of sp³-hybridized carbons (Fsp3) is 0.700. The molecule has 0 saturated carbocycles. The smallest absolute Gasteiger partial charge is 0.426 e. The van der Waals surface area contributed by atoms with Crippen molar-refractivity contribution in [1.82, 2.24) is 10.0 Å². The summed E-state index contributed by atoms with van der Waals surface area (Å²) < 4.78 is 0. The van der Waals surface area contributed by atoms with Crippen molar-refractivity contribution in [3.8, 4) is 0 Å². The molecule has 1 heterocycles. The molecule has 0 aromatic rings. The first-order valence-electron chi connectivity index (χ1n) is 5.62. The minimum Gasteiger partial charge on any atom is -0.480 e. The summed E-state index contributed by atoms with van der Waals surface area (Å²) in [5, 5.41) is 20.6. The summed E-state index contributed by atoms with van der Waals surface area (Å²) in [4.78, 5) is 34.6. The number of hydrazine groups is 1. The van der Waals surface area contributed by atoms with Crippen molar-refractivity contribution in [3.63, 3.8) is 0 Å². The van der Waals surface area contributed by atoms with Crippen LogP contribution in [0.4, 0.5) is 4.79 Å². The fourth-order valence-corrected chi connectivity index (χ4v) is 3.51. The maximum absolute atomic E-state index is 12.3. The maximum atomic E-state index is 12.3. The Morgan fingerprint density at radius 2 is 1.79 bits per heavy atom. The van der Waals surface area contributed by atoms with E-state index in [2.05, 4.69) is 31.9 Å². The number of amides is 2. The van der Waals surface area contributed by atoms with Crippen molar-refractivity contribution >= 4 is 49.8 Å². The van der Waals surface area contributed by atoms with E-state index in [1.54, 1.807) is 0 Å². The fourth-order valence-electron chi connectivity index (χ4n) is 1.88. The average Bonchev–Trinajstić information content (AvgIpc) is 2.38. The molecule has 0 bridgehead atoms. The van der Waals surface area contributed by atoms with Crippen LogP contribution in [0, 0.1) is 5.92 Å². The van der Waals surface area contributed by atoms with Crippen molar-refractivity contribution in [2.75, 3.05) is 17.2 Å². The van der Waals surface area contributed by atoms with E-state index in [-0.39, 0.29) is 13.0 Å². The standard InChI is InChI=1S/C10H14Br2N2O5/c11-4-6(5-12)8(15)14-7(9(16)17)2-1-3-13(14)10(18)19/h6-7H,1-5H2,(H,16,17)(H,18,19). The van der Waals surface area contributed by atoms with Crippen molar-refractivity contribution < 1.29 is 24.6 Å². The molecule has 2 N–H and O–H groups in total. The Morgan fingerprint density at radius 1 is 1.21 bits per heavy atom. The lowest BCUT2D eigenvalue weighted by atomic mass is 10.1. The molecule has 0 radical (unpaired) electrons. The highest BCUT2D eigenvalue weighted by Crippen LogP contribution is 2.22. The Morgan fingerprint density at radius 3 is 2.21 bits per heavy atom. The lowest BCUT2D eigenvalue weighted by Gasteiger charge is -2.41. The maximum Gasteiger partial charge on any atom is 0.426 e. The number of hydrogen-bond acceptors (Lipinski definition) is 3. The molecule has 1 fully saturated rings. The molecule has 0 spiro atoms. The topological polar surface area (TPSA) is 98.2 Å². The SMILES string of the molecule is O=C(O)C1CCCN(C(=O)O)N1C(=O)C(CBr)CBr. The first-order chi connectivity index (χ1) is 8.93. The molecule has 1 saturated heterocycles. The highest BCUT2D eigenvalue weighted by Gasteiger charge is 2.41. The van der Waals surface area contributed by atoms with Crippen molar-refractivity contribution in [2.24, 2.45) is 5.92 Å². The van der Waals surface area contributed by atoms with E-state index >= 15 is 0 Å². The van der Waals surface area contributed by atoms with Crippen LogP contribution in [0.5, 0.6) is 0 Å². The zero-order chi connectivity index (χ0) is 14.6. The van der Waals surface area contributed by atoms with Crippen molar-refractivity contribution in [2.45, 2.75) is 18.9 Å². The van der Waals surface area contributed by atoms with E-state index < -0.39 is 29.9 Å². The summed E-state index contributed by atoms with van der Waals surface area (Å²) in [6, 6.07) is -1.13. The van der Waals surface area contributed by atoms with Gasteiger partial charge in [0.25, 0.3) is 0 Å². The molecule has 19 heavy (non-hydrogen) atoms. The number of aliphatic carboxylic acids is 1. The number of alkyl halides is 2. The molecule has 1 aliphatic rings. The van der Waals surface area contributed by atoms with Crippen LogP contribution in [0.15, 0.2) is 0 Å². The van der Waals surface area contributed by atoms with Gasteiger partial charge in [0.1, 0.15) is 0 Å². The minimum absolute atomic E-state index is 0.127. The quantitative estimate of drug-likeness (QED) is 0.693. The number of hydrogen-bond donors (Lipinski definition) is 2. The minimum atomic E-state index is -1.32. The molecule has 1 unspecified atom stereocenters. The monoisotopic (exact) mass is 400 g/mol. The van der Waals surface area contributed by atoms with Gasteiger partial charge in [0.05, 0.1) is 5.92 Å². The number of nitrogens with zero attached hydrogens (tertiary/aromatic N) is 2. The van der Waals surface area contributed by atoms with Crippen molar-refractivity contribution in [3.05, 3.63) is 0 Å². The van der Waals surface area contributed by atoms with E-state index in [0.717, 1.165) is 10.0 Å². The second-order valence-electron chi connectivity index (χ2n) is 4.09. The molecule has 0 aromatic heterocycles. The van der Waals surface area contributed by atoms with Gasteiger partial charge >= 0.3 is 12.1 Å². The highest BCUT2D eigenvalue weighted by atomic mass is 79.9. The number of carboxylic acids is 1. The van der Waals surface area contributed by atoms with Crippen LogP contribution in [0.3, 0.4) is 0 Å². The second-order valence-corrected chi connectivity index (χ2v) is 5.39. The number of halogens is 2. The largest absolute Gasteiger partial charge is 0.480 e. The molecule has 0 aliphatic carbocycles. The number of carbonyl (C=O) groups is 3. The normalized spacial score (nSPS) is 19.6. The molecule has 7 nitrogen and oxygen atoms in total. The molecule has 1 atom stereocenters. The predicted octanol–water partition coefficient (Wildman–Crippen LogP) is 1.36. The van der Waals surface area contributed by atoms with E-state index in [9.17, 15) is 14.4 Å². The molecule has 0 aromatic carbocycles. The van der Waals surface area contributed by atoms with Gasteiger partial charge < -0.3 is 10.2 Å². The summed E-state index contributed by atoms with van der Waals surface area (Å²) >= 11 is 6.33. The van der Waals surface area contributed by atoms with Crippen LogP contribution >= 0.6 is 31.9 Å². The van der Waals surface area contributed by atoms with E-state index in [1.807, 2.05) is 0 Å². The molecule has 2 amide bonds. The Kier molecular flexibility index (Phi) is 6.05. The Balaban J connectivity index is 3.06. The van der Waals surface area contributed by atoms with Crippen LogP contribution in [0.25, 0.3) is 0 Å². The van der Waals surface area contributed by atoms with Gasteiger partial charge in [-0.3, -0.25) is 4.79 Å². The van der Waals surface area contributed by atoms with Crippen molar-refractivity contribution in [1.29, 1.82) is 0 Å². The Bertz CT molecular complexity index is 353. The number of carboxylic acid groups (broad SMARTS) is 2. The molecule has 108 valence electrons. The van der Waals surface area contributed by atoms with Crippen LogP contribution in [0.2, 0.25) is 0 Å². The zero-order valence-electron chi connectivity index (χ0n) is 9.96. The predicted molar refractivity (Wildman–Crippen MR) is 73.3 cm³/mol. The first kappa shape index (κ1) is 16.2. The number of rotatable bonds is 4. The van der Waals surface area contributed by atoms with Crippen LogP contribution in [-0.4, -0.2) is 61.4 Å². The van der Waals surface area contributed by atoms with Gasteiger partial charge in [0.2, 0.25) is 5.91 Å². The number of carbonyl (C=O) groups excluding carboxylic acids is 1. The lowest BCUT2D eigenvalue weighted by molar-refractivity contribution is -0.171. The summed E-state index contributed by atoms with van der Waals surface area (Å²) in [7, 11) is 0. The van der Waals surface area contributed by atoms with E-state index in [1.165, 1.54) is 0 Å². The molecule has 1 rings (SSSR count). The van der Waals surface area contributed by atoms with Gasteiger partial charge in [-0.1, -0.05) is 31.9 Å². The second kappa shape index (κ2) is 7.09. The van der Waals surface area contributed by atoms with Crippen LogP contribution in [0.1, 0.15) is 12.8 Å². The van der Waals surface area contributed by atoms with Gasteiger partial charge in [-0.05, 0) is 12.8 Å². The third kappa shape index (κ3) is 3.59. The third-order valence-electron chi connectivity index (χ3n) is 2.86. The lowest BCUT2D eigenvalue weighted by Crippen LogP contribution is -2.61. The van der Waals surface area contributed by atoms with E-state index in [4.69, 9.17) is 10.2 Å². The summed E-state index contributed by atoms with van der Waals surface area (Å²) in [6.45, 7) is 0.127. The van der Waals surface area contributed by atoms with Crippen LogP contribution < -0.4 is 0 Å². The highest BCUT2D eigenvalue weighted by molar-refractivity contribution is 9.09.